The Kier molecular flexibility index (Phi) is 2.24. The van der Waals surface area contributed by atoms with E-state index in [1.165, 1.54) is 0 Å². The number of ether oxygens (including phenoxy) is 1. The van der Waals surface area contributed by atoms with Gasteiger partial charge in [-0.2, -0.15) is 0 Å². The van der Waals surface area contributed by atoms with E-state index >= 15 is 0 Å². The quantitative estimate of drug-likeness (QED) is 0.688. The molecule has 1 heterocycles. The molecule has 0 aromatic carbocycles. The van der Waals surface area contributed by atoms with Crippen LogP contribution in [0.5, 0.6) is 0 Å². The fraction of sp³-hybridized carbons (Fsp3) is 0.727. The third-order valence-electron chi connectivity index (χ3n) is 3.28. The number of carboxylic acids is 1. The summed E-state index contributed by atoms with van der Waals surface area (Å²) in [4.78, 5) is 11.3. The average molecular weight is 194 g/mol. The van der Waals surface area contributed by atoms with Gasteiger partial charge in [-0.3, -0.25) is 4.79 Å². The predicted octanol–water partition coefficient (Wildman–Crippen LogP) is 1.28. The first-order valence-corrected chi connectivity index (χ1v) is 4.99. The van der Waals surface area contributed by atoms with E-state index in [-0.39, 0.29) is 6.10 Å². The molecule has 2 rings (SSSR count). The molecule has 3 nitrogen and oxygen atoms in total. The van der Waals surface area contributed by atoms with E-state index in [9.17, 15) is 9.90 Å². The molecule has 14 heavy (non-hydrogen) atoms. The van der Waals surface area contributed by atoms with Crippen LogP contribution in [0.1, 0.15) is 25.7 Å². The van der Waals surface area contributed by atoms with Crippen molar-refractivity contribution in [3.05, 3.63) is 0 Å². The summed E-state index contributed by atoms with van der Waals surface area (Å²) < 4.78 is 5.53. The van der Waals surface area contributed by atoms with Crippen LogP contribution >= 0.6 is 0 Å². The molecule has 0 radical (unpaired) electrons. The summed E-state index contributed by atoms with van der Waals surface area (Å²) in [7, 11) is 0. The molecule has 1 aliphatic heterocycles. The molecule has 2 aliphatic rings. The van der Waals surface area contributed by atoms with Crippen LogP contribution < -0.4 is 0 Å². The Morgan fingerprint density at radius 1 is 1.64 bits per heavy atom. The Morgan fingerprint density at radius 2 is 2.36 bits per heavy atom. The summed E-state index contributed by atoms with van der Waals surface area (Å²) in [6.45, 7) is 0.537. The van der Waals surface area contributed by atoms with Crippen LogP contribution in [-0.4, -0.2) is 23.8 Å². The predicted molar refractivity (Wildman–Crippen MR) is 50.6 cm³/mol. The molecular weight excluding hydrogens is 180 g/mol. The number of terminal acetylenes is 1. The maximum atomic E-state index is 11.3. The molecule has 1 N–H and O–H groups in total. The maximum Gasteiger partial charge on any atom is 0.313 e. The molecule has 76 valence electrons. The Balaban J connectivity index is 2.23. The van der Waals surface area contributed by atoms with Crippen molar-refractivity contribution in [1.82, 2.24) is 0 Å². The highest BCUT2D eigenvalue weighted by atomic mass is 16.5. The second-order valence-electron chi connectivity index (χ2n) is 4.22. The zero-order valence-corrected chi connectivity index (χ0v) is 8.03. The van der Waals surface area contributed by atoms with Crippen LogP contribution in [0.3, 0.4) is 0 Å². The molecule has 0 aromatic heterocycles. The summed E-state index contributed by atoms with van der Waals surface area (Å²) in [6.07, 6.45) is 8.14. The molecule has 1 saturated carbocycles. The topological polar surface area (TPSA) is 46.5 Å². The first-order valence-electron chi connectivity index (χ1n) is 4.99. The minimum Gasteiger partial charge on any atom is -0.481 e. The minimum absolute atomic E-state index is 0.143. The van der Waals surface area contributed by atoms with Crippen molar-refractivity contribution < 1.29 is 14.6 Å². The van der Waals surface area contributed by atoms with Crippen LogP contribution in [0.25, 0.3) is 0 Å². The van der Waals surface area contributed by atoms with Gasteiger partial charge in [0, 0.05) is 13.0 Å². The van der Waals surface area contributed by atoms with E-state index in [1.807, 2.05) is 0 Å². The highest BCUT2D eigenvalue weighted by Gasteiger charge is 2.55. The Labute approximate surface area is 83.4 Å². The normalized spacial score (nSPS) is 36.6. The van der Waals surface area contributed by atoms with Crippen LogP contribution in [0, 0.1) is 23.7 Å². The Bertz CT molecular complexity index is 287. The molecule has 2 fully saturated rings. The van der Waals surface area contributed by atoms with Crippen molar-refractivity contribution in [1.29, 1.82) is 0 Å². The number of carbonyl (C=O) groups is 1. The fourth-order valence-corrected chi connectivity index (χ4v) is 2.33. The first-order chi connectivity index (χ1) is 6.70. The summed E-state index contributed by atoms with van der Waals surface area (Å²) in [6, 6.07) is 0. The monoisotopic (exact) mass is 194 g/mol. The van der Waals surface area contributed by atoms with E-state index in [1.54, 1.807) is 0 Å². The summed E-state index contributed by atoms with van der Waals surface area (Å²) in [5.74, 6) is 2.13. The lowest BCUT2D eigenvalue weighted by Crippen LogP contribution is -2.40. The first kappa shape index (κ1) is 9.54. The highest BCUT2D eigenvalue weighted by molar-refractivity contribution is 5.76. The maximum absolute atomic E-state index is 11.3. The second-order valence-corrected chi connectivity index (χ2v) is 4.22. The number of aliphatic carboxylic acids is 1. The van der Waals surface area contributed by atoms with Crippen LogP contribution in [0.4, 0.5) is 0 Å². The van der Waals surface area contributed by atoms with Gasteiger partial charge in [-0.05, 0) is 25.2 Å². The molecule has 0 aromatic rings. The Morgan fingerprint density at radius 3 is 2.86 bits per heavy atom. The zero-order valence-electron chi connectivity index (χ0n) is 8.03. The van der Waals surface area contributed by atoms with Crippen molar-refractivity contribution in [2.45, 2.75) is 31.8 Å². The van der Waals surface area contributed by atoms with Gasteiger partial charge in [0.05, 0.1) is 6.10 Å². The van der Waals surface area contributed by atoms with Crippen molar-refractivity contribution in [2.75, 3.05) is 6.61 Å². The van der Waals surface area contributed by atoms with Crippen LogP contribution in [-0.2, 0) is 9.53 Å². The van der Waals surface area contributed by atoms with Crippen LogP contribution in [0.2, 0.25) is 0 Å². The zero-order chi connectivity index (χ0) is 10.2. The largest absolute Gasteiger partial charge is 0.481 e. The second kappa shape index (κ2) is 3.29. The van der Waals surface area contributed by atoms with Gasteiger partial charge in [0.25, 0.3) is 0 Å². The van der Waals surface area contributed by atoms with Gasteiger partial charge in [-0.15, -0.1) is 12.3 Å². The SMILES string of the molecule is C#CCC1(C(=O)O)CCOC1C1CC1. The van der Waals surface area contributed by atoms with E-state index in [4.69, 9.17) is 11.2 Å². The van der Waals surface area contributed by atoms with E-state index in [0.29, 0.717) is 25.4 Å². The third kappa shape index (κ3) is 1.31. The lowest BCUT2D eigenvalue weighted by Gasteiger charge is -2.27. The van der Waals surface area contributed by atoms with Gasteiger partial charge in [0.15, 0.2) is 0 Å². The lowest BCUT2D eigenvalue weighted by molar-refractivity contribution is -0.152. The molecule has 2 atom stereocenters. The number of rotatable bonds is 3. The number of carboxylic acid groups (broad SMARTS) is 1. The molecule has 1 aliphatic carbocycles. The van der Waals surface area contributed by atoms with E-state index < -0.39 is 11.4 Å². The van der Waals surface area contributed by atoms with Crippen LogP contribution in [0.15, 0.2) is 0 Å². The van der Waals surface area contributed by atoms with Gasteiger partial charge >= 0.3 is 5.97 Å². The van der Waals surface area contributed by atoms with E-state index in [2.05, 4.69) is 5.92 Å². The molecule has 1 saturated heterocycles. The molecule has 2 unspecified atom stereocenters. The number of hydrogen-bond donors (Lipinski definition) is 1. The third-order valence-corrected chi connectivity index (χ3v) is 3.28. The van der Waals surface area contributed by atoms with E-state index in [0.717, 1.165) is 12.8 Å². The number of hydrogen-bond acceptors (Lipinski definition) is 2. The average Bonchev–Trinajstić information content (AvgIpc) is 2.89. The fourth-order valence-electron chi connectivity index (χ4n) is 2.33. The van der Waals surface area contributed by atoms with Crippen molar-refractivity contribution in [2.24, 2.45) is 11.3 Å². The van der Waals surface area contributed by atoms with Gasteiger partial charge in [-0.1, -0.05) is 0 Å². The summed E-state index contributed by atoms with van der Waals surface area (Å²) in [5.41, 5.74) is -0.796. The standard InChI is InChI=1S/C11H14O3/c1-2-5-11(10(12)13)6-7-14-9(11)8-3-4-8/h1,8-9H,3-7H2,(H,12,13). The van der Waals surface area contributed by atoms with Crippen molar-refractivity contribution >= 4 is 5.97 Å². The minimum atomic E-state index is -0.796. The van der Waals surface area contributed by atoms with Gasteiger partial charge in [-0.25, -0.2) is 0 Å². The smallest absolute Gasteiger partial charge is 0.313 e. The molecule has 3 heteroatoms. The molecular formula is C11H14O3. The van der Waals surface area contributed by atoms with Gasteiger partial charge < -0.3 is 9.84 Å². The lowest BCUT2D eigenvalue weighted by atomic mass is 9.76. The molecule has 0 amide bonds. The van der Waals surface area contributed by atoms with Gasteiger partial charge in [0.1, 0.15) is 5.41 Å². The van der Waals surface area contributed by atoms with Gasteiger partial charge in [0.2, 0.25) is 0 Å². The van der Waals surface area contributed by atoms with Crippen molar-refractivity contribution in [3.8, 4) is 12.3 Å². The summed E-state index contributed by atoms with van der Waals surface area (Å²) in [5, 5.41) is 9.27. The molecule has 0 bridgehead atoms. The summed E-state index contributed by atoms with van der Waals surface area (Å²) >= 11 is 0. The van der Waals surface area contributed by atoms with Crippen molar-refractivity contribution in [3.63, 3.8) is 0 Å². The Hall–Kier alpha value is -1.01. The molecule has 0 spiro atoms. The highest BCUT2D eigenvalue weighted by Crippen LogP contribution is 2.49.